The summed E-state index contributed by atoms with van der Waals surface area (Å²) in [6.45, 7) is 2.82. The zero-order valence-electron chi connectivity index (χ0n) is 12.8. The van der Waals surface area contributed by atoms with Crippen molar-refractivity contribution in [2.45, 2.75) is 56.7 Å². The maximum atomic E-state index is 6.34. The molecule has 2 N–H and O–H groups in total. The zero-order chi connectivity index (χ0) is 13.8. The van der Waals surface area contributed by atoms with Crippen molar-refractivity contribution in [3.05, 3.63) is 0 Å². The highest BCUT2D eigenvalue weighted by molar-refractivity contribution is 14.0. The maximum absolute atomic E-state index is 6.34. The number of guanidine groups is 1. The van der Waals surface area contributed by atoms with E-state index in [1.165, 1.54) is 50.0 Å². The van der Waals surface area contributed by atoms with Gasteiger partial charge in [-0.3, -0.25) is 4.99 Å². The summed E-state index contributed by atoms with van der Waals surface area (Å²) < 4.78 is 6.34. The van der Waals surface area contributed by atoms with E-state index < -0.39 is 0 Å². The molecule has 122 valence electrons. The largest absolute Gasteiger partial charge is 0.370 e. The van der Waals surface area contributed by atoms with E-state index in [4.69, 9.17) is 10.5 Å². The quantitative estimate of drug-likeness (QED) is 0.420. The molecule has 21 heavy (non-hydrogen) atoms. The van der Waals surface area contributed by atoms with Gasteiger partial charge in [0, 0.05) is 24.6 Å². The first-order valence-electron chi connectivity index (χ1n) is 8.08. The van der Waals surface area contributed by atoms with Gasteiger partial charge >= 0.3 is 0 Å². The molecule has 6 heteroatoms. The molecule has 3 aliphatic rings. The Hall–Kier alpha value is 0.310. The molecule has 0 aromatic rings. The standard InChI is InChI=1S/C15H27N3OS.HI/c16-14(18-8-10-20-11-9-18)17-12-13-4-7-15(19-13)5-2-1-3-6-15;/h13H,1-12H2,(H2,16,17);1H. The molecule has 0 aromatic carbocycles. The lowest BCUT2D eigenvalue weighted by atomic mass is 9.83. The van der Waals surface area contributed by atoms with Gasteiger partial charge in [-0.25, -0.2) is 0 Å². The number of hydrogen-bond donors (Lipinski definition) is 1. The van der Waals surface area contributed by atoms with E-state index in [2.05, 4.69) is 9.89 Å². The lowest BCUT2D eigenvalue weighted by Crippen LogP contribution is -2.43. The number of thioether (sulfide) groups is 1. The van der Waals surface area contributed by atoms with Gasteiger partial charge < -0.3 is 15.4 Å². The average molecular weight is 425 g/mol. The van der Waals surface area contributed by atoms with E-state index in [-0.39, 0.29) is 29.6 Å². The van der Waals surface area contributed by atoms with E-state index in [1.54, 1.807) is 0 Å². The van der Waals surface area contributed by atoms with Crippen molar-refractivity contribution >= 4 is 41.7 Å². The van der Waals surface area contributed by atoms with Crippen LogP contribution in [0.4, 0.5) is 0 Å². The first-order valence-corrected chi connectivity index (χ1v) is 9.23. The smallest absolute Gasteiger partial charge is 0.191 e. The minimum atomic E-state index is 0. The number of aliphatic imine (C=N–C) groups is 1. The van der Waals surface area contributed by atoms with Crippen LogP contribution < -0.4 is 5.73 Å². The lowest BCUT2D eigenvalue weighted by molar-refractivity contribution is -0.0599. The summed E-state index contributed by atoms with van der Waals surface area (Å²) in [4.78, 5) is 6.80. The van der Waals surface area contributed by atoms with Crippen LogP contribution in [0.2, 0.25) is 0 Å². The van der Waals surface area contributed by atoms with E-state index in [1.807, 2.05) is 11.8 Å². The summed E-state index contributed by atoms with van der Waals surface area (Å²) in [5.74, 6) is 3.05. The molecule has 2 aliphatic heterocycles. The van der Waals surface area contributed by atoms with Crippen molar-refractivity contribution in [2.24, 2.45) is 10.7 Å². The summed E-state index contributed by atoms with van der Waals surface area (Å²) in [6.07, 6.45) is 9.25. The molecule has 2 saturated heterocycles. The summed E-state index contributed by atoms with van der Waals surface area (Å²) >= 11 is 2.00. The Morgan fingerprint density at radius 3 is 2.62 bits per heavy atom. The van der Waals surface area contributed by atoms with Crippen molar-refractivity contribution in [1.29, 1.82) is 0 Å². The average Bonchev–Trinajstić information content (AvgIpc) is 2.89. The fraction of sp³-hybridized carbons (Fsp3) is 0.933. The van der Waals surface area contributed by atoms with Gasteiger partial charge in [0.25, 0.3) is 0 Å². The molecule has 4 nitrogen and oxygen atoms in total. The topological polar surface area (TPSA) is 50.9 Å². The van der Waals surface area contributed by atoms with Crippen molar-refractivity contribution in [3.8, 4) is 0 Å². The number of ether oxygens (including phenoxy) is 1. The SMILES string of the molecule is I.NC(=NCC1CCC2(CCCCC2)O1)N1CCSCC1. The summed E-state index contributed by atoms with van der Waals surface area (Å²) in [5, 5.41) is 0. The molecule has 0 aromatic heterocycles. The van der Waals surface area contributed by atoms with Gasteiger partial charge in [0.15, 0.2) is 5.96 Å². The van der Waals surface area contributed by atoms with E-state index in [9.17, 15) is 0 Å². The van der Waals surface area contributed by atoms with Crippen LogP contribution in [0, 0.1) is 0 Å². The second-order valence-electron chi connectivity index (χ2n) is 6.32. The molecule has 1 unspecified atom stereocenters. The highest BCUT2D eigenvalue weighted by Gasteiger charge is 2.40. The van der Waals surface area contributed by atoms with Crippen molar-refractivity contribution in [1.82, 2.24) is 4.90 Å². The van der Waals surface area contributed by atoms with Gasteiger partial charge in [-0.1, -0.05) is 19.3 Å². The third-order valence-electron chi connectivity index (χ3n) is 4.90. The van der Waals surface area contributed by atoms with Crippen LogP contribution >= 0.6 is 35.7 Å². The van der Waals surface area contributed by atoms with Gasteiger partial charge in [-0.15, -0.1) is 24.0 Å². The molecule has 1 saturated carbocycles. The number of hydrogen-bond acceptors (Lipinski definition) is 3. The van der Waals surface area contributed by atoms with Crippen LogP contribution in [0.25, 0.3) is 0 Å². The van der Waals surface area contributed by atoms with Gasteiger partial charge in [-0.05, 0) is 25.7 Å². The highest BCUT2D eigenvalue weighted by Crippen LogP contribution is 2.41. The van der Waals surface area contributed by atoms with Crippen LogP contribution in [0.3, 0.4) is 0 Å². The van der Waals surface area contributed by atoms with Gasteiger partial charge in [-0.2, -0.15) is 11.8 Å². The molecular formula is C15H28IN3OS. The fourth-order valence-corrected chi connectivity index (χ4v) is 4.58. The molecule has 3 fully saturated rings. The minimum absolute atomic E-state index is 0. The minimum Gasteiger partial charge on any atom is -0.370 e. The third kappa shape index (κ3) is 4.64. The Labute approximate surface area is 149 Å². The summed E-state index contributed by atoms with van der Waals surface area (Å²) in [7, 11) is 0. The van der Waals surface area contributed by atoms with Gasteiger partial charge in [0.1, 0.15) is 0 Å². The Kier molecular flexibility index (Phi) is 6.93. The van der Waals surface area contributed by atoms with Crippen molar-refractivity contribution < 1.29 is 4.74 Å². The Balaban J connectivity index is 0.00000161. The number of rotatable bonds is 2. The Bertz CT molecular complexity index is 355. The molecule has 2 heterocycles. The van der Waals surface area contributed by atoms with Crippen LogP contribution in [0.1, 0.15) is 44.9 Å². The fourth-order valence-electron chi connectivity index (χ4n) is 3.68. The molecule has 3 rings (SSSR count). The van der Waals surface area contributed by atoms with Crippen LogP contribution in [0.15, 0.2) is 4.99 Å². The third-order valence-corrected chi connectivity index (χ3v) is 5.84. The normalized spacial score (nSPS) is 29.4. The Morgan fingerprint density at radius 2 is 1.90 bits per heavy atom. The molecular weight excluding hydrogens is 397 g/mol. The second-order valence-corrected chi connectivity index (χ2v) is 7.55. The second kappa shape index (κ2) is 8.24. The molecule has 1 atom stereocenters. The van der Waals surface area contributed by atoms with Crippen LogP contribution in [0.5, 0.6) is 0 Å². The van der Waals surface area contributed by atoms with Crippen LogP contribution in [-0.2, 0) is 4.74 Å². The number of halogens is 1. The zero-order valence-corrected chi connectivity index (χ0v) is 15.9. The van der Waals surface area contributed by atoms with Crippen molar-refractivity contribution in [2.75, 3.05) is 31.1 Å². The first kappa shape index (κ1) is 17.7. The molecule has 0 radical (unpaired) electrons. The van der Waals surface area contributed by atoms with E-state index >= 15 is 0 Å². The summed E-state index contributed by atoms with van der Waals surface area (Å²) in [5.41, 5.74) is 6.31. The van der Waals surface area contributed by atoms with Gasteiger partial charge in [0.05, 0.1) is 18.2 Å². The summed E-state index contributed by atoms with van der Waals surface area (Å²) in [6, 6.07) is 0. The molecule has 0 amide bonds. The highest BCUT2D eigenvalue weighted by atomic mass is 127. The van der Waals surface area contributed by atoms with E-state index in [0.717, 1.165) is 32.0 Å². The maximum Gasteiger partial charge on any atom is 0.191 e. The molecule has 1 aliphatic carbocycles. The van der Waals surface area contributed by atoms with Gasteiger partial charge in [0.2, 0.25) is 0 Å². The van der Waals surface area contributed by atoms with Crippen LogP contribution in [-0.4, -0.2) is 53.7 Å². The Morgan fingerprint density at radius 1 is 1.19 bits per heavy atom. The number of nitrogens with zero attached hydrogens (tertiary/aromatic N) is 2. The molecule has 0 bridgehead atoms. The predicted molar refractivity (Wildman–Crippen MR) is 101 cm³/mol. The molecule has 1 spiro atoms. The predicted octanol–water partition coefficient (Wildman–Crippen LogP) is 2.85. The van der Waals surface area contributed by atoms with E-state index in [0.29, 0.717) is 6.10 Å². The first-order chi connectivity index (χ1) is 9.77. The number of nitrogens with two attached hydrogens (primary N) is 1. The van der Waals surface area contributed by atoms with Crippen molar-refractivity contribution in [3.63, 3.8) is 0 Å². The lowest BCUT2D eigenvalue weighted by Gasteiger charge is -2.33. The monoisotopic (exact) mass is 425 g/mol.